The second-order valence-corrected chi connectivity index (χ2v) is 5.73. The molecule has 0 radical (unpaired) electrons. The van der Waals surface area contributed by atoms with Crippen LogP contribution in [0, 0.1) is 11.8 Å². The topological polar surface area (TPSA) is 105 Å². The van der Waals surface area contributed by atoms with Gasteiger partial charge in [-0.2, -0.15) is 4.98 Å². The molecule has 1 aliphatic carbocycles. The average Bonchev–Trinajstić information content (AvgIpc) is 3.22. The molecule has 2 aromatic rings. The molecule has 1 aliphatic rings. The third-order valence-corrected chi connectivity index (χ3v) is 3.87. The van der Waals surface area contributed by atoms with Gasteiger partial charge in [0, 0.05) is 0 Å². The van der Waals surface area contributed by atoms with Gasteiger partial charge in [-0.3, -0.25) is 9.59 Å². The Kier molecular flexibility index (Phi) is 4.10. The van der Waals surface area contributed by atoms with E-state index in [0.29, 0.717) is 24.6 Å². The quantitative estimate of drug-likeness (QED) is 0.838. The highest BCUT2D eigenvalue weighted by Gasteiger charge is 2.48. The minimum atomic E-state index is -0.928. The number of carboxylic acids is 1. The van der Waals surface area contributed by atoms with E-state index in [4.69, 9.17) is 9.63 Å². The van der Waals surface area contributed by atoms with E-state index in [1.807, 2.05) is 30.3 Å². The van der Waals surface area contributed by atoms with Gasteiger partial charge in [-0.05, 0) is 18.9 Å². The molecule has 120 valence electrons. The zero-order valence-electron chi connectivity index (χ0n) is 12.6. The molecular weight excluding hydrogens is 298 g/mol. The zero-order valence-corrected chi connectivity index (χ0v) is 12.6. The number of nitrogens with one attached hydrogen (secondary N) is 1. The fourth-order valence-corrected chi connectivity index (χ4v) is 2.43. The van der Waals surface area contributed by atoms with Crippen LogP contribution in [-0.4, -0.2) is 27.1 Å². The Hall–Kier alpha value is -2.70. The molecule has 23 heavy (non-hydrogen) atoms. The van der Waals surface area contributed by atoms with Crippen LogP contribution in [0.3, 0.4) is 0 Å². The number of carbonyl (C=O) groups is 2. The monoisotopic (exact) mass is 315 g/mol. The third kappa shape index (κ3) is 3.56. The Balaban J connectivity index is 1.57. The number of amides is 1. The summed E-state index contributed by atoms with van der Waals surface area (Å²) in [5.74, 6) is -1.37. The van der Waals surface area contributed by atoms with Crippen LogP contribution in [0.15, 0.2) is 34.9 Å². The van der Waals surface area contributed by atoms with Gasteiger partial charge in [0.1, 0.15) is 0 Å². The highest BCUT2D eigenvalue weighted by molar-refractivity contribution is 5.89. The Morgan fingerprint density at radius 3 is 2.74 bits per heavy atom. The molecule has 3 atom stereocenters. The summed E-state index contributed by atoms with van der Waals surface area (Å²) in [6, 6.07) is 9.31. The molecule has 3 unspecified atom stereocenters. The van der Waals surface area contributed by atoms with Crippen molar-refractivity contribution in [2.75, 3.05) is 0 Å². The minimum Gasteiger partial charge on any atom is -0.481 e. The number of carboxylic acid groups (broad SMARTS) is 1. The smallest absolute Gasteiger partial charge is 0.307 e. The van der Waals surface area contributed by atoms with Gasteiger partial charge >= 0.3 is 5.97 Å². The van der Waals surface area contributed by atoms with E-state index in [0.717, 1.165) is 5.56 Å². The van der Waals surface area contributed by atoms with E-state index in [1.165, 1.54) is 0 Å². The predicted octanol–water partition coefficient (Wildman–Crippen LogP) is 1.56. The Bertz CT molecular complexity index is 713. The van der Waals surface area contributed by atoms with Crippen molar-refractivity contribution in [1.82, 2.24) is 15.5 Å². The number of rotatable bonds is 6. The van der Waals surface area contributed by atoms with Gasteiger partial charge in [0.15, 0.2) is 5.82 Å². The van der Waals surface area contributed by atoms with Crippen molar-refractivity contribution in [3.05, 3.63) is 47.6 Å². The lowest BCUT2D eigenvalue weighted by Crippen LogP contribution is -2.29. The molecule has 1 heterocycles. The number of benzene rings is 1. The van der Waals surface area contributed by atoms with Crippen molar-refractivity contribution in [1.29, 1.82) is 0 Å². The second-order valence-electron chi connectivity index (χ2n) is 5.73. The standard InChI is InChI=1S/C16H17N3O4/c1-9(17-15(20)11-8-12(11)16(21)22)14-18-13(23-19-14)7-10-5-3-2-4-6-10/h2-6,9,11-12H,7-8H2,1H3,(H,17,20)(H,21,22). The first-order chi connectivity index (χ1) is 11.0. The fourth-order valence-electron chi connectivity index (χ4n) is 2.43. The number of nitrogens with zero attached hydrogens (tertiary/aromatic N) is 2. The van der Waals surface area contributed by atoms with Crippen LogP contribution >= 0.6 is 0 Å². The summed E-state index contributed by atoms with van der Waals surface area (Å²) in [7, 11) is 0. The van der Waals surface area contributed by atoms with E-state index in [1.54, 1.807) is 6.92 Å². The summed E-state index contributed by atoms with van der Waals surface area (Å²) in [5, 5.41) is 15.5. The molecular formula is C16H17N3O4. The SMILES string of the molecule is CC(NC(=O)C1CC1C(=O)O)c1noc(Cc2ccccc2)n1. The molecule has 7 nitrogen and oxygen atoms in total. The number of hydrogen-bond acceptors (Lipinski definition) is 5. The predicted molar refractivity (Wildman–Crippen MR) is 79.3 cm³/mol. The number of aliphatic carboxylic acids is 1. The maximum atomic E-state index is 11.9. The average molecular weight is 315 g/mol. The van der Waals surface area contributed by atoms with E-state index < -0.39 is 23.8 Å². The molecule has 0 bridgehead atoms. The normalized spacial score (nSPS) is 20.7. The molecule has 3 rings (SSSR count). The summed E-state index contributed by atoms with van der Waals surface area (Å²) in [5.41, 5.74) is 1.06. The van der Waals surface area contributed by atoms with Crippen LogP contribution in [0.2, 0.25) is 0 Å². The van der Waals surface area contributed by atoms with Crippen LogP contribution < -0.4 is 5.32 Å². The number of carbonyl (C=O) groups excluding carboxylic acids is 1. The lowest BCUT2D eigenvalue weighted by atomic mass is 10.1. The van der Waals surface area contributed by atoms with Crippen molar-refractivity contribution in [3.63, 3.8) is 0 Å². The molecule has 1 aromatic heterocycles. The van der Waals surface area contributed by atoms with Crippen molar-refractivity contribution < 1.29 is 19.2 Å². The summed E-state index contributed by atoms with van der Waals surface area (Å²) in [6.45, 7) is 1.74. The second kappa shape index (κ2) is 6.20. The van der Waals surface area contributed by atoms with Crippen LogP contribution in [0.4, 0.5) is 0 Å². The van der Waals surface area contributed by atoms with E-state index >= 15 is 0 Å². The molecule has 0 spiro atoms. The van der Waals surface area contributed by atoms with Gasteiger partial charge in [-0.15, -0.1) is 0 Å². The Morgan fingerprint density at radius 1 is 1.35 bits per heavy atom. The van der Waals surface area contributed by atoms with E-state index in [2.05, 4.69) is 15.5 Å². The first-order valence-electron chi connectivity index (χ1n) is 7.44. The van der Waals surface area contributed by atoms with Gasteiger partial charge in [-0.1, -0.05) is 35.5 Å². The fraction of sp³-hybridized carbons (Fsp3) is 0.375. The summed E-state index contributed by atoms with van der Waals surface area (Å²) < 4.78 is 5.20. The Morgan fingerprint density at radius 2 is 2.09 bits per heavy atom. The molecule has 1 fully saturated rings. The summed E-state index contributed by atoms with van der Waals surface area (Å²) >= 11 is 0. The molecule has 0 saturated heterocycles. The van der Waals surface area contributed by atoms with Gasteiger partial charge in [-0.25, -0.2) is 0 Å². The van der Waals surface area contributed by atoms with Gasteiger partial charge in [0.2, 0.25) is 11.8 Å². The van der Waals surface area contributed by atoms with Gasteiger partial charge in [0.25, 0.3) is 0 Å². The Labute approximate surface area is 132 Å². The first-order valence-corrected chi connectivity index (χ1v) is 7.44. The van der Waals surface area contributed by atoms with Crippen molar-refractivity contribution in [2.45, 2.75) is 25.8 Å². The number of hydrogen-bond donors (Lipinski definition) is 2. The van der Waals surface area contributed by atoms with Crippen molar-refractivity contribution in [2.24, 2.45) is 11.8 Å². The maximum Gasteiger partial charge on any atom is 0.307 e. The van der Waals surface area contributed by atoms with Gasteiger partial charge < -0.3 is 14.9 Å². The zero-order chi connectivity index (χ0) is 16.4. The number of aromatic nitrogens is 2. The van der Waals surface area contributed by atoms with Crippen LogP contribution in [0.1, 0.15) is 36.7 Å². The van der Waals surface area contributed by atoms with Crippen molar-refractivity contribution >= 4 is 11.9 Å². The summed E-state index contributed by atoms with van der Waals surface area (Å²) in [6.07, 6.45) is 0.914. The maximum absolute atomic E-state index is 11.9. The highest BCUT2D eigenvalue weighted by Crippen LogP contribution is 2.39. The van der Waals surface area contributed by atoms with Crippen molar-refractivity contribution in [3.8, 4) is 0 Å². The lowest BCUT2D eigenvalue weighted by Gasteiger charge is -2.09. The van der Waals surface area contributed by atoms with Crippen LogP contribution in [0.25, 0.3) is 0 Å². The van der Waals surface area contributed by atoms with Crippen LogP contribution in [-0.2, 0) is 16.0 Å². The molecule has 2 N–H and O–H groups in total. The lowest BCUT2D eigenvalue weighted by molar-refractivity contribution is -0.140. The van der Waals surface area contributed by atoms with Gasteiger partial charge in [0.05, 0.1) is 24.3 Å². The summed E-state index contributed by atoms with van der Waals surface area (Å²) in [4.78, 5) is 27.0. The molecule has 7 heteroatoms. The first kappa shape index (κ1) is 15.2. The third-order valence-electron chi connectivity index (χ3n) is 3.87. The van der Waals surface area contributed by atoms with Crippen LogP contribution in [0.5, 0.6) is 0 Å². The minimum absolute atomic E-state index is 0.278. The van der Waals surface area contributed by atoms with E-state index in [-0.39, 0.29) is 5.91 Å². The van der Waals surface area contributed by atoms with E-state index in [9.17, 15) is 9.59 Å². The largest absolute Gasteiger partial charge is 0.481 e. The molecule has 1 amide bonds. The molecule has 1 aromatic carbocycles. The highest BCUT2D eigenvalue weighted by atomic mass is 16.5. The molecule has 1 saturated carbocycles. The molecule has 0 aliphatic heterocycles.